The van der Waals surface area contributed by atoms with E-state index >= 15 is 0 Å². The number of hydrogen-bond acceptors (Lipinski definition) is 13. The molecule has 1 aliphatic heterocycles. The topological polar surface area (TPSA) is 222 Å². The number of hydrogen-bond donors (Lipinski definition) is 4. The fourth-order valence-corrected chi connectivity index (χ4v) is 10.2. The van der Waals surface area contributed by atoms with Crippen molar-refractivity contribution in [3.63, 3.8) is 0 Å². The van der Waals surface area contributed by atoms with Gasteiger partial charge in [0.25, 0.3) is 5.91 Å². The van der Waals surface area contributed by atoms with Gasteiger partial charge in [-0.1, -0.05) is 67.0 Å². The van der Waals surface area contributed by atoms with Crippen LogP contribution in [-0.4, -0.2) is 167 Å². The molecular weight excluding hydrogens is 861 g/mol. The van der Waals surface area contributed by atoms with Crippen molar-refractivity contribution in [3.05, 3.63) is 29.8 Å². The van der Waals surface area contributed by atoms with E-state index in [1.165, 1.54) is 14.2 Å². The van der Waals surface area contributed by atoms with E-state index < -0.39 is 82.2 Å². The molecule has 4 N–H and O–H groups in total. The van der Waals surface area contributed by atoms with Gasteiger partial charge in [-0.2, -0.15) is 0 Å². The maximum Gasteiger partial charge on any atom is 0.256 e. The first-order chi connectivity index (χ1) is 30.6. The number of ether oxygens (including phenoxy) is 4. The van der Waals surface area contributed by atoms with Gasteiger partial charge >= 0.3 is 0 Å². The van der Waals surface area contributed by atoms with Gasteiger partial charge in [0.05, 0.1) is 54.5 Å². The van der Waals surface area contributed by atoms with Crippen LogP contribution in [0.5, 0.6) is 5.75 Å². The third-order valence-corrected chi connectivity index (χ3v) is 14.6. The lowest BCUT2D eigenvalue weighted by atomic mass is 9.89. The van der Waals surface area contributed by atoms with Crippen LogP contribution in [0.15, 0.2) is 24.3 Å². The van der Waals surface area contributed by atoms with E-state index in [1.807, 2.05) is 60.5 Å². The molecule has 0 bridgehead atoms. The zero-order valence-corrected chi connectivity index (χ0v) is 41.5. The first kappa shape index (κ1) is 55.4. The molecule has 19 heteroatoms. The second kappa shape index (κ2) is 25.9. The average molecular weight is 939 g/mol. The highest BCUT2D eigenvalue weighted by atomic mass is 32.2. The van der Waals surface area contributed by atoms with E-state index in [0.29, 0.717) is 50.0 Å². The van der Waals surface area contributed by atoms with Gasteiger partial charge in [0.1, 0.15) is 31.2 Å². The lowest BCUT2D eigenvalue weighted by Crippen LogP contribution is -2.59. The number of likely N-dealkylation sites (tertiary alicyclic amines) is 1. The Morgan fingerprint density at radius 2 is 1.51 bits per heavy atom. The van der Waals surface area contributed by atoms with Crippen LogP contribution in [0.2, 0.25) is 0 Å². The molecule has 3 rings (SSSR count). The van der Waals surface area contributed by atoms with Crippen LogP contribution in [0.25, 0.3) is 0 Å². The summed E-state index contributed by atoms with van der Waals surface area (Å²) >= 11 is 0. The number of benzene rings is 1. The monoisotopic (exact) mass is 939 g/mol. The highest BCUT2D eigenvalue weighted by Crippen LogP contribution is 2.31. The fourth-order valence-electron chi connectivity index (χ4n) is 8.84. The van der Waals surface area contributed by atoms with Crippen molar-refractivity contribution in [2.75, 3.05) is 61.9 Å². The van der Waals surface area contributed by atoms with E-state index in [2.05, 4.69) is 15.4 Å². The van der Waals surface area contributed by atoms with Crippen molar-refractivity contribution in [2.24, 2.45) is 23.7 Å². The summed E-state index contributed by atoms with van der Waals surface area (Å²) in [6, 6.07) is 3.19. The van der Waals surface area contributed by atoms with Crippen LogP contribution in [0.4, 0.5) is 0 Å². The number of aliphatic hydroxyl groups is 1. The zero-order chi connectivity index (χ0) is 48.8. The Bertz CT molecular complexity index is 1800. The van der Waals surface area contributed by atoms with E-state index in [4.69, 9.17) is 24.1 Å². The number of methoxy groups -OCH3 is 2. The molecule has 0 spiro atoms. The van der Waals surface area contributed by atoms with Gasteiger partial charge in [-0.25, -0.2) is 8.42 Å². The summed E-state index contributed by atoms with van der Waals surface area (Å²) < 4.78 is 50.3. The van der Waals surface area contributed by atoms with Crippen molar-refractivity contribution in [3.8, 4) is 5.75 Å². The molecule has 18 nitrogen and oxygen atoms in total. The van der Waals surface area contributed by atoms with Gasteiger partial charge in [0.2, 0.25) is 33.7 Å². The first-order valence-electron chi connectivity index (χ1n) is 23.0. The molecule has 2 fully saturated rings. The minimum atomic E-state index is -3.93. The highest BCUT2D eigenvalue weighted by Gasteiger charge is 2.44. The molecule has 1 heterocycles. The van der Waals surface area contributed by atoms with Gasteiger partial charge in [-0.3, -0.25) is 33.6 Å². The predicted molar refractivity (Wildman–Crippen MR) is 246 cm³/mol. The van der Waals surface area contributed by atoms with Crippen molar-refractivity contribution < 1.29 is 56.4 Å². The Kier molecular flexibility index (Phi) is 22.1. The third kappa shape index (κ3) is 15.6. The standard InChI is InChI=1S/C46H78N6O12S/c1-13-30(6)41(51(10)46(58)39(28(2)3)48-45(57)40(29(4)5)50(8)9)37(61-11)26-38(54)52-22-14-15-36(52)42(62-12)31(7)43(55)47-35(44(56)49-65(59,60)34-20-21-34)25-32-16-18-33(19-17-32)64-24-23-63-27-53/h16-19,28-31,34-37,39-42,53H,13-15,20-27H2,1-12H3,(H,47,55)(H,48,57)(H,49,56)/t30-,31+,35-,36-,37+,39-,40-,41-,42+/m0/s1. The SMILES string of the molecule is CC[C@H](C)[C@@H]([C@@H](CC(=O)N1CCC[C@H]1[C@H](OC)[C@@H](C)C(=O)N[C@@H](Cc1ccc(OCCOCO)cc1)C(=O)NS(=O)(=O)C1CC1)OC)N(C)C(=O)[C@@H](NC(=O)[C@H](C(C)C)N(C)C)C(C)C. The molecule has 1 saturated heterocycles. The Hall–Kier alpha value is -3.88. The maximum atomic E-state index is 14.4. The summed E-state index contributed by atoms with van der Waals surface area (Å²) in [7, 11) is 4.41. The molecule has 0 aromatic heterocycles. The summed E-state index contributed by atoms with van der Waals surface area (Å²) in [4.78, 5) is 75.1. The minimum absolute atomic E-state index is 0.00862. The third-order valence-electron chi connectivity index (χ3n) is 12.7. The summed E-state index contributed by atoms with van der Waals surface area (Å²) in [5.74, 6) is -2.86. The Morgan fingerprint density at radius 3 is 2.03 bits per heavy atom. The molecule has 1 aromatic carbocycles. The molecule has 2 aliphatic rings. The highest BCUT2D eigenvalue weighted by molar-refractivity contribution is 7.90. The molecule has 5 amide bonds. The molecule has 0 radical (unpaired) electrons. The van der Waals surface area contributed by atoms with Gasteiger partial charge in [0, 0.05) is 34.2 Å². The van der Waals surface area contributed by atoms with E-state index in [-0.39, 0.29) is 61.5 Å². The van der Waals surface area contributed by atoms with Crippen molar-refractivity contribution >= 4 is 39.6 Å². The summed E-state index contributed by atoms with van der Waals surface area (Å²) in [6.07, 6.45) is 1.15. The largest absolute Gasteiger partial charge is 0.491 e. The number of carbonyl (C=O) groups is 5. The minimum Gasteiger partial charge on any atom is -0.491 e. The van der Waals surface area contributed by atoms with Gasteiger partial charge in [-0.15, -0.1) is 0 Å². The van der Waals surface area contributed by atoms with E-state index in [9.17, 15) is 32.4 Å². The molecule has 370 valence electrons. The number of amides is 5. The number of aliphatic hydroxyl groups excluding tert-OH is 1. The van der Waals surface area contributed by atoms with Crippen LogP contribution in [0.1, 0.15) is 92.6 Å². The zero-order valence-electron chi connectivity index (χ0n) is 40.7. The number of sulfonamides is 1. The quantitative estimate of drug-likeness (QED) is 0.0701. The smallest absolute Gasteiger partial charge is 0.256 e. The van der Waals surface area contributed by atoms with Crippen molar-refractivity contribution in [1.82, 2.24) is 30.1 Å². The maximum absolute atomic E-state index is 14.4. The van der Waals surface area contributed by atoms with Crippen LogP contribution in [0.3, 0.4) is 0 Å². The molecule has 1 aromatic rings. The van der Waals surface area contributed by atoms with Gasteiger partial charge in [0.15, 0.2) is 0 Å². The summed E-state index contributed by atoms with van der Waals surface area (Å²) in [6.45, 7) is 13.7. The Labute approximate surface area is 387 Å². The number of rotatable bonds is 28. The number of likely N-dealkylation sites (N-methyl/N-ethyl adjacent to an activating group) is 2. The molecule has 65 heavy (non-hydrogen) atoms. The Balaban J connectivity index is 1.81. The van der Waals surface area contributed by atoms with Crippen molar-refractivity contribution in [2.45, 2.75) is 141 Å². The van der Waals surface area contributed by atoms with Crippen molar-refractivity contribution in [1.29, 1.82) is 0 Å². The molecule has 1 saturated carbocycles. The molecular formula is C46H78N6O12S. The second-order valence-electron chi connectivity index (χ2n) is 18.5. The molecule has 1 aliphatic carbocycles. The van der Waals surface area contributed by atoms with Crippen LogP contribution in [0, 0.1) is 23.7 Å². The van der Waals surface area contributed by atoms with Gasteiger partial charge in [-0.05, 0) is 75.2 Å². The summed E-state index contributed by atoms with van der Waals surface area (Å²) in [5, 5.41) is 14.0. The second-order valence-corrected chi connectivity index (χ2v) is 20.4. The Morgan fingerprint density at radius 1 is 0.862 bits per heavy atom. The first-order valence-corrected chi connectivity index (χ1v) is 24.5. The summed E-state index contributed by atoms with van der Waals surface area (Å²) in [5.41, 5.74) is 0.626. The van der Waals surface area contributed by atoms with Gasteiger partial charge < -0.3 is 44.5 Å². The number of nitrogens with one attached hydrogen (secondary N) is 3. The normalized spacial score (nSPS) is 19.2. The predicted octanol–water partition coefficient (Wildman–Crippen LogP) is 2.31. The van der Waals surface area contributed by atoms with Crippen LogP contribution in [-0.2, 0) is 54.6 Å². The van der Waals surface area contributed by atoms with Crippen LogP contribution < -0.4 is 20.1 Å². The van der Waals surface area contributed by atoms with Crippen LogP contribution >= 0.6 is 0 Å². The van der Waals surface area contributed by atoms with E-state index in [0.717, 1.165) is 0 Å². The lowest BCUT2D eigenvalue weighted by Gasteiger charge is -2.41. The molecule has 0 unspecified atom stereocenters. The lowest BCUT2D eigenvalue weighted by molar-refractivity contribution is -0.148. The average Bonchev–Trinajstić information content (AvgIpc) is 4.02. The van der Waals surface area contributed by atoms with E-state index in [1.54, 1.807) is 48.0 Å². The molecule has 9 atom stereocenters. The number of nitrogens with zero attached hydrogens (tertiary/aromatic N) is 3. The fraction of sp³-hybridized carbons (Fsp3) is 0.761. The number of carbonyl (C=O) groups excluding carboxylic acids is 5.